The summed E-state index contributed by atoms with van der Waals surface area (Å²) in [6.07, 6.45) is 6.52. The molecule has 6 nitrogen and oxygen atoms in total. The fraction of sp³-hybridized carbons (Fsp3) is 0.640. The highest BCUT2D eigenvalue weighted by Gasteiger charge is 2.52. The summed E-state index contributed by atoms with van der Waals surface area (Å²) in [7, 11) is 0. The van der Waals surface area contributed by atoms with Crippen molar-refractivity contribution < 1.29 is 18.7 Å². The largest absolute Gasteiger partial charge is 0.489 e. The Morgan fingerprint density at radius 3 is 2.38 bits per heavy atom. The molecule has 3 aliphatic carbocycles. The number of amides is 1. The van der Waals surface area contributed by atoms with Crippen molar-refractivity contribution >= 4 is 5.91 Å². The molecule has 4 aliphatic rings. The first-order valence-corrected chi connectivity index (χ1v) is 11.9. The summed E-state index contributed by atoms with van der Waals surface area (Å²) in [6, 6.07) is 8.20. The molecule has 1 heterocycles. The standard InChI is InChI=1S/C25H36FN3O3/c26-17-20(18-27)19-32-22-3-1-21(2-4-22)24-5-8-25(9-6-24,10-7-24)23(30)28-11-12-29-13-15-31-16-14-29/h1-4,17H,5-16,18-19,27H2,(H,28,30). The summed E-state index contributed by atoms with van der Waals surface area (Å²) < 4.78 is 23.7. The van der Waals surface area contributed by atoms with Gasteiger partial charge in [0, 0.05) is 43.7 Å². The van der Waals surface area contributed by atoms with Crippen LogP contribution in [0.4, 0.5) is 4.39 Å². The van der Waals surface area contributed by atoms with Gasteiger partial charge in [0.2, 0.25) is 5.91 Å². The van der Waals surface area contributed by atoms with Gasteiger partial charge < -0.3 is 20.5 Å². The van der Waals surface area contributed by atoms with Gasteiger partial charge in [-0.1, -0.05) is 12.1 Å². The number of carbonyl (C=O) groups excluding carboxylic acids is 1. The van der Waals surface area contributed by atoms with Crippen LogP contribution in [0.2, 0.25) is 0 Å². The third-order valence-corrected chi connectivity index (χ3v) is 7.85. The summed E-state index contributed by atoms with van der Waals surface area (Å²) in [5.74, 6) is 0.970. The van der Waals surface area contributed by atoms with Crippen LogP contribution >= 0.6 is 0 Å². The van der Waals surface area contributed by atoms with Crippen LogP contribution in [0.1, 0.15) is 44.1 Å². The normalized spacial score (nSPS) is 28.5. The summed E-state index contributed by atoms with van der Waals surface area (Å²) in [4.78, 5) is 15.4. The van der Waals surface area contributed by atoms with E-state index >= 15 is 0 Å². The number of benzene rings is 1. The average Bonchev–Trinajstić information content (AvgIpc) is 2.86. The van der Waals surface area contributed by atoms with Gasteiger partial charge in [-0.2, -0.15) is 0 Å². The number of fused-ring (bicyclic) bond motifs is 3. The molecule has 0 spiro atoms. The predicted octanol–water partition coefficient (Wildman–Crippen LogP) is 2.92. The lowest BCUT2D eigenvalue weighted by Crippen LogP contribution is -2.52. The number of ether oxygens (including phenoxy) is 2. The van der Waals surface area contributed by atoms with E-state index in [2.05, 4.69) is 22.3 Å². The van der Waals surface area contributed by atoms with E-state index in [0.29, 0.717) is 11.9 Å². The van der Waals surface area contributed by atoms with Gasteiger partial charge in [0.15, 0.2) is 0 Å². The van der Waals surface area contributed by atoms with Crippen molar-refractivity contribution in [1.82, 2.24) is 10.2 Å². The Labute approximate surface area is 190 Å². The molecule has 1 amide bonds. The molecular weight excluding hydrogens is 409 g/mol. The summed E-state index contributed by atoms with van der Waals surface area (Å²) >= 11 is 0. The number of nitrogens with two attached hydrogens (primary N) is 1. The zero-order valence-electron chi connectivity index (χ0n) is 18.9. The van der Waals surface area contributed by atoms with Crippen LogP contribution in [0.25, 0.3) is 0 Å². The minimum absolute atomic E-state index is 0.153. The SMILES string of the molecule is NCC(=CF)COc1ccc(C23CCC(C(=O)NCCN4CCOCC4)(CC2)CC3)cc1. The molecule has 1 aromatic carbocycles. The first kappa shape index (κ1) is 23.2. The molecule has 1 aromatic rings. The number of hydrogen-bond donors (Lipinski definition) is 2. The van der Waals surface area contributed by atoms with Crippen LogP contribution in [0.5, 0.6) is 5.75 Å². The van der Waals surface area contributed by atoms with E-state index < -0.39 is 0 Å². The zero-order chi connectivity index (χ0) is 22.4. The molecule has 1 saturated heterocycles. The minimum Gasteiger partial charge on any atom is -0.489 e. The summed E-state index contributed by atoms with van der Waals surface area (Å²) in [6.45, 7) is 5.42. The first-order chi connectivity index (χ1) is 15.6. The number of halogens is 1. The van der Waals surface area contributed by atoms with E-state index in [0.717, 1.165) is 83.7 Å². The second-order valence-corrected chi connectivity index (χ2v) is 9.56. The van der Waals surface area contributed by atoms with Gasteiger partial charge in [0.25, 0.3) is 0 Å². The van der Waals surface area contributed by atoms with Gasteiger partial charge in [-0.25, -0.2) is 4.39 Å². The Hall–Kier alpha value is -1.96. The number of nitrogens with one attached hydrogen (secondary N) is 1. The molecule has 0 atom stereocenters. The monoisotopic (exact) mass is 445 g/mol. The molecule has 0 radical (unpaired) electrons. The summed E-state index contributed by atoms with van der Waals surface area (Å²) in [5, 5.41) is 3.23. The van der Waals surface area contributed by atoms with Crippen LogP contribution in [0, 0.1) is 5.41 Å². The second-order valence-electron chi connectivity index (χ2n) is 9.56. The molecule has 3 saturated carbocycles. The van der Waals surface area contributed by atoms with Crippen molar-refractivity contribution in [2.45, 2.75) is 43.9 Å². The van der Waals surface area contributed by atoms with Gasteiger partial charge >= 0.3 is 0 Å². The van der Waals surface area contributed by atoms with E-state index in [-0.39, 0.29) is 29.9 Å². The highest BCUT2D eigenvalue weighted by atomic mass is 19.1. The molecule has 4 fully saturated rings. The third kappa shape index (κ3) is 5.00. The Balaban J connectivity index is 1.28. The Kier molecular flexibility index (Phi) is 7.48. The fourth-order valence-electron chi connectivity index (χ4n) is 5.51. The number of nitrogens with zero attached hydrogens (tertiary/aromatic N) is 1. The van der Waals surface area contributed by atoms with Crippen molar-refractivity contribution in [3.63, 3.8) is 0 Å². The van der Waals surface area contributed by atoms with Crippen LogP contribution in [0.15, 0.2) is 36.2 Å². The maximum absolute atomic E-state index is 13.1. The third-order valence-electron chi connectivity index (χ3n) is 7.85. The summed E-state index contributed by atoms with van der Waals surface area (Å²) in [5.41, 5.74) is 7.22. The lowest BCUT2D eigenvalue weighted by molar-refractivity contribution is -0.138. The second kappa shape index (κ2) is 10.3. The maximum Gasteiger partial charge on any atom is 0.226 e. The quantitative estimate of drug-likeness (QED) is 0.611. The van der Waals surface area contributed by atoms with Crippen molar-refractivity contribution in [3.05, 3.63) is 41.7 Å². The number of hydrogen-bond acceptors (Lipinski definition) is 5. The van der Waals surface area contributed by atoms with Gasteiger partial charge in [-0.15, -0.1) is 0 Å². The molecule has 176 valence electrons. The van der Waals surface area contributed by atoms with E-state index in [1.54, 1.807) is 0 Å². The molecule has 3 N–H and O–H groups in total. The molecule has 7 heteroatoms. The Bertz CT molecular complexity index is 781. The Morgan fingerprint density at radius 1 is 1.12 bits per heavy atom. The molecule has 1 aliphatic heterocycles. The first-order valence-electron chi connectivity index (χ1n) is 11.9. The van der Waals surface area contributed by atoms with Gasteiger partial charge in [-0.3, -0.25) is 9.69 Å². The minimum atomic E-state index is -0.187. The van der Waals surface area contributed by atoms with Crippen LogP contribution < -0.4 is 15.8 Å². The maximum atomic E-state index is 13.1. The van der Waals surface area contributed by atoms with Gasteiger partial charge in [0.1, 0.15) is 12.4 Å². The lowest BCUT2D eigenvalue weighted by Gasteiger charge is -2.52. The number of rotatable bonds is 9. The topological polar surface area (TPSA) is 76.8 Å². The van der Waals surface area contributed by atoms with Gasteiger partial charge in [0.05, 0.1) is 19.5 Å². The van der Waals surface area contributed by atoms with Crippen molar-refractivity contribution in [2.24, 2.45) is 11.1 Å². The molecule has 32 heavy (non-hydrogen) atoms. The zero-order valence-corrected chi connectivity index (χ0v) is 18.9. The van der Waals surface area contributed by atoms with Gasteiger partial charge in [-0.05, 0) is 61.6 Å². The lowest BCUT2D eigenvalue weighted by atomic mass is 9.51. The average molecular weight is 446 g/mol. The van der Waals surface area contributed by atoms with Crippen LogP contribution in [0.3, 0.4) is 0 Å². The van der Waals surface area contributed by atoms with Crippen molar-refractivity contribution in [1.29, 1.82) is 0 Å². The van der Waals surface area contributed by atoms with Crippen molar-refractivity contribution in [3.8, 4) is 5.75 Å². The predicted molar refractivity (Wildman–Crippen MR) is 122 cm³/mol. The highest BCUT2D eigenvalue weighted by molar-refractivity contribution is 5.83. The van der Waals surface area contributed by atoms with E-state index in [1.165, 1.54) is 5.56 Å². The molecule has 0 aromatic heterocycles. The molecule has 0 unspecified atom stereocenters. The molecule has 5 rings (SSSR count). The molecular formula is C25H36FN3O3. The van der Waals surface area contributed by atoms with Crippen LogP contribution in [-0.2, 0) is 14.9 Å². The number of carbonyl (C=O) groups is 1. The van der Waals surface area contributed by atoms with Crippen molar-refractivity contribution in [2.75, 3.05) is 52.5 Å². The highest BCUT2D eigenvalue weighted by Crippen LogP contribution is 2.57. The Morgan fingerprint density at radius 2 is 1.78 bits per heavy atom. The van der Waals surface area contributed by atoms with E-state index in [1.807, 2.05) is 12.1 Å². The van der Waals surface area contributed by atoms with E-state index in [4.69, 9.17) is 15.2 Å². The van der Waals surface area contributed by atoms with E-state index in [9.17, 15) is 9.18 Å². The number of morpholine rings is 1. The smallest absolute Gasteiger partial charge is 0.226 e. The van der Waals surface area contributed by atoms with Crippen LogP contribution in [-0.4, -0.2) is 63.4 Å². The fourth-order valence-corrected chi connectivity index (χ4v) is 5.51. The molecule has 2 bridgehead atoms.